The van der Waals surface area contributed by atoms with E-state index in [4.69, 9.17) is 14.2 Å². The van der Waals surface area contributed by atoms with E-state index in [2.05, 4.69) is 27.7 Å². The Morgan fingerprint density at radius 1 is 0.500 bits per heavy atom. The standard InChI is InChI=1S/C28H58O4/c1-5-9-13-16-20-24-30-27(23-19-12-8-4)28(29,31-25-21-17-14-10-6-2)32-26-22-18-15-11-7-3/h27,29H,5-26H2,1-4H3. The van der Waals surface area contributed by atoms with Crippen molar-refractivity contribution in [2.24, 2.45) is 0 Å². The quantitative estimate of drug-likeness (QED) is 0.104. The fraction of sp³-hybridized carbons (Fsp3) is 1.00. The molecular formula is C28H58O4. The van der Waals surface area contributed by atoms with Gasteiger partial charge in [0.25, 0.3) is 0 Å². The van der Waals surface area contributed by atoms with Gasteiger partial charge in [-0.05, 0) is 25.7 Å². The van der Waals surface area contributed by atoms with Crippen molar-refractivity contribution < 1.29 is 19.3 Å². The Morgan fingerprint density at radius 3 is 1.31 bits per heavy atom. The monoisotopic (exact) mass is 458 g/mol. The van der Waals surface area contributed by atoms with Crippen LogP contribution in [0.15, 0.2) is 0 Å². The Morgan fingerprint density at radius 2 is 0.875 bits per heavy atom. The summed E-state index contributed by atoms with van der Waals surface area (Å²) < 4.78 is 18.3. The van der Waals surface area contributed by atoms with Gasteiger partial charge in [-0.2, -0.15) is 0 Å². The molecule has 0 saturated heterocycles. The van der Waals surface area contributed by atoms with Crippen LogP contribution >= 0.6 is 0 Å². The number of hydrogen-bond donors (Lipinski definition) is 1. The van der Waals surface area contributed by atoms with Gasteiger partial charge in [0, 0.05) is 6.61 Å². The zero-order valence-corrected chi connectivity index (χ0v) is 22.3. The fourth-order valence-corrected chi connectivity index (χ4v) is 3.96. The molecule has 1 N–H and O–H groups in total. The topological polar surface area (TPSA) is 47.9 Å². The second kappa shape index (κ2) is 24.0. The van der Waals surface area contributed by atoms with Crippen molar-refractivity contribution >= 4 is 0 Å². The molecule has 0 radical (unpaired) electrons. The van der Waals surface area contributed by atoms with Crippen LogP contribution in [-0.2, 0) is 14.2 Å². The molecule has 0 saturated carbocycles. The normalized spacial score (nSPS) is 13.0. The smallest absolute Gasteiger partial charge is 0.308 e. The first-order chi connectivity index (χ1) is 15.6. The lowest BCUT2D eigenvalue weighted by molar-refractivity contribution is -0.402. The molecule has 4 heteroatoms. The third kappa shape index (κ3) is 18.3. The van der Waals surface area contributed by atoms with Crippen molar-refractivity contribution in [2.75, 3.05) is 19.8 Å². The van der Waals surface area contributed by atoms with E-state index in [9.17, 15) is 5.11 Å². The van der Waals surface area contributed by atoms with Gasteiger partial charge in [0.1, 0.15) is 6.10 Å². The van der Waals surface area contributed by atoms with E-state index < -0.39 is 12.1 Å². The molecule has 1 unspecified atom stereocenters. The minimum absolute atomic E-state index is 0.411. The zero-order chi connectivity index (χ0) is 23.8. The predicted octanol–water partition coefficient (Wildman–Crippen LogP) is 8.54. The number of rotatable bonds is 26. The molecule has 0 aromatic rings. The van der Waals surface area contributed by atoms with Gasteiger partial charge in [-0.15, -0.1) is 0 Å². The first-order valence-electron chi connectivity index (χ1n) is 14.3. The van der Waals surface area contributed by atoms with Crippen molar-refractivity contribution in [3.05, 3.63) is 0 Å². The van der Waals surface area contributed by atoms with Crippen LogP contribution in [0.4, 0.5) is 0 Å². The Kier molecular flexibility index (Phi) is 23.9. The molecule has 0 bridgehead atoms. The summed E-state index contributed by atoms with van der Waals surface area (Å²) >= 11 is 0. The largest absolute Gasteiger partial charge is 0.370 e. The molecule has 0 rings (SSSR count). The average Bonchev–Trinajstić information content (AvgIpc) is 2.79. The van der Waals surface area contributed by atoms with Crippen LogP contribution in [0.1, 0.15) is 150 Å². The van der Waals surface area contributed by atoms with Crippen LogP contribution < -0.4 is 0 Å². The molecule has 0 aliphatic carbocycles. The SMILES string of the molecule is CCCCCCCOC(CCCCC)C(O)(OCCCCCCC)OCCCCCCC. The molecule has 0 aromatic heterocycles. The van der Waals surface area contributed by atoms with Crippen LogP contribution in [0.25, 0.3) is 0 Å². The molecule has 0 aliphatic heterocycles. The van der Waals surface area contributed by atoms with Crippen LogP contribution in [0.2, 0.25) is 0 Å². The van der Waals surface area contributed by atoms with Gasteiger partial charge in [0.05, 0.1) is 13.2 Å². The summed E-state index contributed by atoms with van der Waals surface area (Å²) in [7, 11) is 0. The van der Waals surface area contributed by atoms with Crippen LogP contribution in [0.5, 0.6) is 0 Å². The van der Waals surface area contributed by atoms with Crippen molar-refractivity contribution in [1.29, 1.82) is 0 Å². The van der Waals surface area contributed by atoms with E-state index >= 15 is 0 Å². The molecule has 1 atom stereocenters. The van der Waals surface area contributed by atoms with E-state index in [1.165, 1.54) is 64.2 Å². The Labute approximate surface area is 201 Å². The highest BCUT2D eigenvalue weighted by Gasteiger charge is 2.40. The molecule has 0 aromatic carbocycles. The third-order valence-corrected chi connectivity index (χ3v) is 6.16. The van der Waals surface area contributed by atoms with Gasteiger partial charge in [0.2, 0.25) is 0 Å². The maximum absolute atomic E-state index is 11.4. The minimum atomic E-state index is -1.62. The van der Waals surface area contributed by atoms with Gasteiger partial charge < -0.3 is 19.3 Å². The summed E-state index contributed by atoms with van der Waals surface area (Å²) in [6.45, 7) is 10.6. The molecule has 0 amide bonds. The summed E-state index contributed by atoms with van der Waals surface area (Å²) in [6, 6.07) is 0. The summed E-state index contributed by atoms with van der Waals surface area (Å²) in [4.78, 5) is 0. The lowest BCUT2D eigenvalue weighted by atomic mass is 10.1. The highest BCUT2D eigenvalue weighted by atomic mass is 16.8. The number of hydrogen-bond acceptors (Lipinski definition) is 4. The van der Waals surface area contributed by atoms with Gasteiger partial charge in [-0.25, -0.2) is 0 Å². The van der Waals surface area contributed by atoms with Gasteiger partial charge >= 0.3 is 5.97 Å². The van der Waals surface area contributed by atoms with Crippen LogP contribution in [0.3, 0.4) is 0 Å². The van der Waals surface area contributed by atoms with Crippen molar-refractivity contribution in [3.63, 3.8) is 0 Å². The summed E-state index contributed by atoms with van der Waals surface area (Å²) in [5.74, 6) is -1.62. The Bertz CT molecular complexity index is 345. The second-order valence-corrected chi connectivity index (χ2v) is 9.43. The predicted molar refractivity (Wildman–Crippen MR) is 137 cm³/mol. The van der Waals surface area contributed by atoms with Crippen molar-refractivity contribution in [3.8, 4) is 0 Å². The number of unbranched alkanes of at least 4 members (excludes halogenated alkanes) is 14. The van der Waals surface area contributed by atoms with Crippen LogP contribution in [-0.4, -0.2) is 37.0 Å². The third-order valence-electron chi connectivity index (χ3n) is 6.16. The molecular weight excluding hydrogens is 400 g/mol. The molecule has 0 heterocycles. The highest BCUT2D eigenvalue weighted by Crippen LogP contribution is 2.25. The Hall–Kier alpha value is -0.160. The Balaban J connectivity index is 4.79. The first kappa shape index (κ1) is 31.8. The lowest BCUT2D eigenvalue weighted by Crippen LogP contribution is -2.49. The summed E-state index contributed by atoms with van der Waals surface area (Å²) in [5.41, 5.74) is 0. The van der Waals surface area contributed by atoms with E-state index in [1.807, 2.05) is 0 Å². The van der Waals surface area contributed by atoms with Crippen molar-refractivity contribution in [2.45, 2.75) is 162 Å². The maximum Gasteiger partial charge on any atom is 0.308 e. The van der Waals surface area contributed by atoms with Crippen molar-refractivity contribution in [1.82, 2.24) is 0 Å². The maximum atomic E-state index is 11.4. The van der Waals surface area contributed by atoms with Crippen LogP contribution in [0, 0.1) is 0 Å². The molecule has 0 fully saturated rings. The van der Waals surface area contributed by atoms with Gasteiger partial charge in [-0.1, -0.05) is 124 Å². The van der Waals surface area contributed by atoms with E-state index in [0.717, 1.165) is 57.8 Å². The van der Waals surface area contributed by atoms with E-state index in [0.29, 0.717) is 19.8 Å². The molecule has 32 heavy (non-hydrogen) atoms. The zero-order valence-electron chi connectivity index (χ0n) is 22.3. The molecule has 4 nitrogen and oxygen atoms in total. The lowest BCUT2D eigenvalue weighted by Gasteiger charge is -2.35. The van der Waals surface area contributed by atoms with Gasteiger partial charge in [0.15, 0.2) is 0 Å². The molecule has 0 spiro atoms. The summed E-state index contributed by atoms with van der Waals surface area (Å²) in [6.07, 6.45) is 21.3. The molecule has 0 aliphatic rings. The minimum Gasteiger partial charge on any atom is -0.370 e. The first-order valence-corrected chi connectivity index (χ1v) is 14.3. The average molecular weight is 459 g/mol. The van der Waals surface area contributed by atoms with E-state index in [-0.39, 0.29) is 0 Å². The highest BCUT2D eigenvalue weighted by molar-refractivity contribution is 4.71. The second-order valence-electron chi connectivity index (χ2n) is 9.43. The number of ether oxygens (including phenoxy) is 3. The van der Waals surface area contributed by atoms with Gasteiger partial charge in [-0.3, -0.25) is 0 Å². The summed E-state index contributed by atoms with van der Waals surface area (Å²) in [5, 5.41) is 11.4. The fourth-order valence-electron chi connectivity index (χ4n) is 3.96. The number of aliphatic hydroxyl groups is 1. The molecule has 194 valence electrons. The van der Waals surface area contributed by atoms with E-state index in [1.54, 1.807) is 0 Å².